The average Bonchev–Trinajstić information content (AvgIpc) is 3.03. The number of carbonyl (C=O) groups excluding carboxylic acids is 1. The first-order valence-corrected chi connectivity index (χ1v) is 8.44. The summed E-state index contributed by atoms with van der Waals surface area (Å²) in [6.45, 7) is 9.16. The number of aromatic nitrogens is 1. The van der Waals surface area contributed by atoms with Crippen molar-refractivity contribution in [3.8, 4) is 0 Å². The molecule has 1 aromatic heterocycles. The summed E-state index contributed by atoms with van der Waals surface area (Å²) >= 11 is 0. The molecule has 1 aliphatic carbocycles. The second-order valence-electron chi connectivity index (χ2n) is 8.06. The zero-order chi connectivity index (χ0) is 14.8. The molecule has 2 saturated heterocycles. The van der Waals surface area contributed by atoms with Gasteiger partial charge in [0.1, 0.15) is 0 Å². The highest BCUT2D eigenvalue weighted by atomic mass is 16.1. The quantitative estimate of drug-likeness (QED) is 0.791. The van der Waals surface area contributed by atoms with Crippen LogP contribution in [0.2, 0.25) is 0 Å². The molecule has 1 aromatic rings. The summed E-state index contributed by atoms with van der Waals surface area (Å²) in [5.74, 6) is 0.351. The number of hydrogen-bond donors (Lipinski definition) is 0. The fourth-order valence-corrected chi connectivity index (χ4v) is 4.99. The molecule has 2 fully saturated rings. The smallest absolute Gasteiger partial charge is 0.165 e. The molecule has 3 heteroatoms. The molecule has 0 aromatic carbocycles. The van der Waals surface area contributed by atoms with Gasteiger partial charge in [0.25, 0.3) is 0 Å². The van der Waals surface area contributed by atoms with Crippen LogP contribution in [0.1, 0.15) is 67.3 Å². The first-order chi connectivity index (χ1) is 9.96. The van der Waals surface area contributed by atoms with Gasteiger partial charge in [-0.05, 0) is 50.6 Å². The largest absolute Gasteiger partial charge is 0.344 e. The number of Topliss-reactive ketones (excluding diaryl/α,β-unsaturated/α-hetero) is 1. The van der Waals surface area contributed by atoms with Crippen molar-refractivity contribution in [3.63, 3.8) is 0 Å². The molecule has 4 rings (SSSR count). The highest BCUT2D eigenvalue weighted by Crippen LogP contribution is 2.42. The molecule has 114 valence electrons. The van der Waals surface area contributed by atoms with Gasteiger partial charge in [0.2, 0.25) is 0 Å². The van der Waals surface area contributed by atoms with Crippen LogP contribution in [0.3, 0.4) is 0 Å². The summed E-state index contributed by atoms with van der Waals surface area (Å²) in [4.78, 5) is 15.1. The molecule has 2 unspecified atom stereocenters. The molecule has 2 atom stereocenters. The Balaban J connectivity index is 1.78. The van der Waals surface area contributed by atoms with E-state index in [0.29, 0.717) is 24.3 Å². The minimum Gasteiger partial charge on any atom is -0.344 e. The minimum absolute atomic E-state index is 0.112. The van der Waals surface area contributed by atoms with Crippen molar-refractivity contribution < 1.29 is 4.79 Å². The fraction of sp³-hybridized carbons (Fsp3) is 0.722. The fourth-order valence-electron chi connectivity index (χ4n) is 4.99. The van der Waals surface area contributed by atoms with E-state index in [1.165, 1.54) is 43.7 Å². The molecule has 0 spiro atoms. The summed E-state index contributed by atoms with van der Waals surface area (Å²) < 4.78 is 2.55. The first kappa shape index (κ1) is 13.6. The van der Waals surface area contributed by atoms with Crippen molar-refractivity contribution in [1.29, 1.82) is 0 Å². The van der Waals surface area contributed by atoms with Crippen LogP contribution >= 0.6 is 0 Å². The molecule has 0 saturated carbocycles. The van der Waals surface area contributed by atoms with E-state index in [-0.39, 0.29) is 5.41 Å². The number of ketones is 1. The first-order valence-electron chi connectivity index (χ1n) is 8.44. The highest BCUT2D eigenvalue weighted by molar-refractivity contribution is 5.99. The third-order valence-electron chi connectivity index (χ3n) is 5.82. The molecule has 0 N–H and O–H groups in total. The topological polar surface area (TPSA) is 25.2 Å². The Morgan fingerprint density at radius 1 is 1.14 bits per heavy atom. The van der Waals surface area contributed by atoms with Crippen molar-refractivity contribution in [2.24, 2.45) is 5.41 Å². The van der Waals surface area contributed by atoms with Gasteiger partial charge in [0.05, 0.1) is 6.04 Å². The van der Waals surface area contributed by atoms with Gasteiger partial charge in [-0.3, -0.25) is 9.69 Å². The molecule has 0 amide bonds. The minimum atomic E-state index is 0.112. The number of fused-ring (bicyclic) bond motifs is 2. The Labute approximate surface area is 127 Å². The monoisotopic (exact) mass is 286 g/mol. The van der Waals surface area contributed by atoms with E-state index < -0.39 is 0 Å². The lowest BCUT2D eigenvalue weighted by Gasteiger charge is -2.32. The van der Waals surface area contributed by atoms with Crippen LogP contribution in [0.25, 0.3) is 0 Å². The van der Waals surface area contributed by atoms with Gasteiger partial charge in [0, 0.05) is 36.0 Å². The third-order valence-corrected chi connectivity index (χ3v) is 5.82. The van der Waals surface area contributed by atoms with Crippen LogP contribution in [-0.4, -0.2) is 34.4 Å². The molecule has 2 aliphatic heterocycles. The zero-order valence-electron chi connectivity index (χ0n) is 13.5. The standard InChI is InChI=1S/C18H26N2O/c1-12-9-13-16(10-18(2,3)11-17(13)21)20(12)15-6-8-19-7-4-5-14(15)19/h9,14-15H,4-8,10-11H2,1-3H3. The van der Waals surface area contributed by atoms with Crippen LogP contribution in [0.5, 0.6) is 0 Å². The predicted molar refractivity (Wildman–Crippen MR) is 83.9 cm³/mol. The van der Waals surface area contributed by atoms with Crippen molar-refractivity contribution in [2.75, 3.05) is 13.1 Å². The van der Waals surface area contributed by atoms with Gasteiger partial charge in [0.15, 0.2) is 5.78 Å². The van der Waals surface area contributed by atoms with Gasteiger partial charge in [-0.15, -0.1) is 0 Å². The van der Waals surface area contributed by atoms with E-state index >= 15 is 0 Å². The summed E-state index contributed by atoms with van der Waals surface area (Å²) in [5, 5.41) is 0. The highest BCUT2D eigenvalue weighted by Gasteiger charge is 2.41. The Morgan fingerprint density at radius 3 is 2.76 bits per heavy atom. The average molecular weight is 286 g/mol. The molecule has 3 heterocycles. The molecule has 3 aliphatic rings. The number of carbonyl (C=O) groups is 1. The van der Waals surface area contributed by atoms with Gasteiger partial charge in [-0.25, -0.2) is 0 Å². The maximum absolute atomic E-state index is 12.5. The second-order valence-corrected chi connectivity index (χ2v) is 8.06. The van der Waals surface area contributed by atoms with E-state index in [9.17, 15) is 4.79 Å². The Morgan fingerprint density at radius 2 is 1.95 bits per heavy atom. The van der Waals surface area contributed by atoms with Crippen molar-refractivity contribution in [2.45, 2.75) is 65.0 Å². The number of rotatable bonds is 1. The van der Waals surface area contributed by atoms with Crippen LogP contribution < -0.4 is 0 Å². The summed E-state index contributed by atoms with van der Waals surface area (Å²) in [6, 6.07) is 3.46. The molecule has 3 nitrogen and oxygen atoms in total. The Kier molecular flexibility index (Phi) is 2.88. The van der Waals surface area contributed by atoms with E-state index in [2.05, 4.69) is 36.3 Å². The van der Waals surface area contributed by atoms with E-state index in [4.69, 9.17) is 0 Å². The van der Waals surface area contributed by atoms with Gasteiger partial charge >= 0.3 is 0 Å². The van der Waals surface area contributed by atoms with Crippen LogP contribution in [0.4, 0.5) is 0 Å². The van der Waals surface area contributed by atoms with Crippen molar-refractivity contribution in [1.82, 2.24) is 9.47 Å². The number of hydrogen-bond acceptors (Lipinski definition) is 2. The Hall–Kier alpha value is -1.09. The summed E-state index contributed by atoms with van der Waals surface area (Å²) in [6.07, 6.45) is 5.67. The predicted octanol–water partition coefficient (Wildman–Crippen LogP) is 3.36. The van der Waals surface area contributed by atoms with Crippen LogP contribution in [0.15, 0.2) is 6.07 Å². The van der Waals surface area contributed by atoms with Gasteiger partial charge in [-0.1, -0.05) is 13.8 Å². The maximum atomic E-state index is 12.5. The van der Waals surface area contributed by atoms with Crippen molar-refractivity contribution in [3.05, 3.63) is 23.0 Å². The van der Waals surface area contributed by atoms with Crippen LogP contribution in [-0.2, 0) is 6.42 Å². The summed E-state index contributed by atoms with van der Waals surface area (Å²) in [7, 11) is 0. The number of nitrogens with zero attached hydrogens (tertiary/aromatic N) is 2. The summed E-state index contributed by atoms with van der Waals surface area (Å²) in [5.41, 5.74) is 3.75. The molecular formula is C18H26N2O. The lowest BCUT2D eigenvalue weighted by molar-refractivity contribution is 0.0909. The normalized spacial score (nSPS) is 31.5. The molecule has 21 heavy (non-hydrogen) atoms. The molecule has 0 radical (unpaired) electrons. The molecular weight excluding hydrogens is 260 g/mol. The Bertz CT molecular complexity index is 599. The maximum Gasteiger partial charge on any atom is 0.165 e. The lowest BCUT2D eigenvalue weighted by Crippen LogP contribution is -2.32. The van der Waals surface area contributed by atoms with E-state index in [1.54, 1.807) is 0 Å². The van der Waals surface area contributed by atoms with Crippen molar-refractivity contribution >= 4 is 5.78 Å². The third kappa shape index (κ3) is 2.01. The zero-order valence-corrected chi connectivity index (χ0v) is 13.5. The van der Waals surface area contributed by atoms with Gasteiger partial charge in [-0.2, -0.15) is 0 Å². The number of aryl methyl sites for hydroxylation is 1. The lowest BCUT2D eigenvalue weighted by atomic mass is 9.76. The van der Waals surface area contributed by atoms with E-state index in [1.807, 2.05) is 0 Å². The molecule has 0 bridgehead atoms. The SMILES string of the molecule is Cc1cc2c(n1C1CCN3CCCC13)CC(C)(C)CC2=O. The van der Waals surface area contributed by atoms with Crippen LogP contribution in [0, 0.1) is 12.3 Å². The van der Waals surface area contributed by atoms with Gasteiger partial charge < -0.3 is 4.57 Å². The second kappa shape index (κ2) is 4.45. The van der Waals surface area contributed by atoms with E-state index in [0.717, 1.165) is 12.0 Å².